The van der Waals surface area contributed by atoms with Crippen LogP contribution in [0.1, 0.15) is 38.3 Å². The fourth-order valence-electron chi connectivity index (χ4n) is 3.94. The van der Waals surface area contributed by atoms with Gasteiger partial charge in [-0.15, -0.1) is 0 Å². The summed E-state index contributed by atoms with van der Waals surface area (Å²) >= 11 is 0. The number of nitrogen functional groups attached to an aromatic ring is 1. The van der Waals surface area contributed by atoms with Gasteiger partial charge in [0.1, 0.15) is 11.5 Å². The van der Waals surface area contributed by atoms with E-state index in [1.54, 1.807) is 42.2 Å². The third-order valence-electron chi connectivity index (χ3n) is 5.80. The van der Waals surface area contributed by atoms with Crippen molar-refractivity contribution in [2.24, 2.45) is 0 Å². The Kier molecular flexibility index (Phi) is 6.83. The Morgan fingerprint density at radius 1 is 1.15 bits per heavy atom. The quantitative estimate of drug-likeness (QED) is 0.398. The van der Waals surface area contributed by atoms with Crippen molar-refractivity contribution < 1.29 is 8.91 Å². The molecular weight excluding hydrogens is 435 g/mol. The van der Waals surface area contributed by atoms with Crippen LogP contribution in [0.25, 0.3) is 34.0 Å². The zero-order valence-corrected chi connectivity index (χ0v) is 19.4. The fourth-order valence-corrected chi connectivity index (χ4v) is 3.94. The third kappa shape index (κ3) is 4.60. The van der Waals surface area contributed by atoms with Crippen molar-refractivity contribution >= 4 is 5.82 Å². The maximum atomic E-state index is 14.6. The maximum absolute atomic E-state index is 14.6. The lowest BCUT2D eigenvalue weighted by atomic mass is 10.1. The van der Waals surface area contributed by atoms with Crippen LogP contribution in [0.4, 0.5) is 10.2 Å². The number of pyridine rings is 1. The van der Waals surface area contributed by atoms with Gasteiger partial charge in [0, 0.05) is 42.0 Å². The molecule has 4 aromatic rings. The summed E-state index contributed by atoms with van der Waals surface area (Å²) in [7, 11) is 1.80. The Balaban J connectivity index is 1.70. The molecule has 0 saturated heterocycles. The molecule has 0 aliphatic carbocycles. The third-order valence-corrected chi connectivity index (χ3v) is 5.80. The van der Waals surface area contributed by atoms with Crippen LogP contribution in [-0.4, -0.2) is 26.7 Å². The number of hydrogen-bond acceptors (Lipinski definition) is 7. The predicted octanol–water partition coefficient (Wildman–Crippen LogP) is 4.43. The molecule has 0 bridgehead atoms. The molecule has 0 unspecified atom stereocenters. The molecule has 1 aromatic carbocycles. The largest absolute Gasteiger partial charge is 0.382 e. The summed E-state index contributed by atoms with van der Waals surface area (Å²) in [5.41, 5.74) is 9.04. The van der Waals surface area contributed by atoms with Crippen molar-refractivity contribution in [2.75, 3.05) is 12.8 Å². The lowest BCUT2D eigenvalue weighted by Gasteiger charge is -2.17. The number of hydrogen-bond donors (Lipinski definition) is 2. The molecule has 0 radical (unpaired) electrons. The first-order valence-corrected chi connectivity index (χ1v) is 11.2. The van der Waals surface area contributed by atoms with Gasteiger partial charge in [0.05, 0.1) is 11.9 Å². The lowest BCUT2D eigenvalue weighted by Crippen LogP contribution is -2.23. The summed E-state index contributed by atoms with van der Waals surface area (Å²) in [6.45, 7) is 4.66. The minimum atomic E-state index is -0.399. The molecule has 8 nitrogen and oxygen atoms in total. The smallest absolute Gasteiger partial charge is 0.250 e. The van der Waals surface area contributed by atoms with Crippen LogP contribution in [0.5, 0.6) is 0 Å². The van der Waals surface area contributed by atoms with Crippen molar-refractivity contribution in [1.82, 2.24) is 25.0 Å². The van der Waals surface area contributed by atoms with E-state index in [1.165, 1.54) is 12.1 Å². The zero-order valence-electron chi connectivity index (χ0n) is 19.4. The minimum Gasteiger partial charge on any atom is -0.382 e. The number of halogens is 1. The van der Waals surface area contributed by atoms with Crippen molar-refractivity contribution in [1.29, 1.82) is 0 Å². The second kappa shape index (κ2) is 9.96. The van der Waals surface area contributed by atoms with Gasteiger partial charge >= 0.3 is 0 Å². The first-order valence-electron chi connectivity index (χ1n) is 11.2. The van der Waals surface area contributed by atoms with Crippen molar-refractivity contribution in [3.8, 4) is 34.0 Å². The number of nitrogens with two attached hydrogens (primary N) is 1. The van der Waals surface area contributed by atoms with Gasteiger partial charge in [-0.05, 0) is 43.7 Å². The van der Waals surface area contributed by atoms with E-state index in [-0.39, 0.29) is 23.2 Å². The van der Waals surface area contributed by atoms with Gasteiger partial charge in [-0.25, -0.2) is 14.4 Å². The van der Waals surface area contributed by atoms with E-state index in [1.807, 2.05) is 19.9 Å². The highest BCUT2D eigenvalue weighted by molar-refractivity contribution is 5.73. The average Bonchev–Trinajstić information content (AvgIpc) is 3.31. The number of nitrogens with zero attached hydrogens (tertiary/aromatic N) is 4. The highest BCUT2D eigenvalue weighted by Crippen LogP contribution is 2.31. The van der Waals surface area contributed by atoms with Crippen LogP contribution in [-0.2, 0) is 6.54 Å². The first kappa shape index (κ1) is 23.3. The molecule has 0 aliphatic rings. The van der Waals surface area contributed by atoms with Crippen LogP contribution < -0.4 is 16.6 Å². The number of nitrogens with one attached hydrogen (secondary N) is 1. The molecule has 0 aliphatic heterocycles. The van der Waals surface area contributed by atoms with Crippen molar-refractivity contribution in [3.05, 3.63) is 70.5 Å². The normalized spacial score (nSPS) is 11.3. The van der Waals surface area contributed by atoms with E-state index in [2.05, 4.69) is 20.4 Å². The monoisotopic (exact) mass is 462 g/mol. The molecule has 3 aromatic heterocycles. The second-order valence-corrected chi connectivity index (χ2v) is 8.04. The van der Waals surface area contributed by atoms with Gasteiger partial charge in [0.25, 0.3) is 5.56 Å². The summed E-state index contributed by atoms with van der Waals surface area (Å²) in [6, 6.07) is 9.87. The Morgan fingerprint density at radius 3 is 2.65 bits per heavy atom. The Hall–Kier alpha value is -3.85. The van der Waals surface area contributed by atoms with Crippen molar-refractivity contribution in [2.45, 2.75) is 39.3 Å². The lowest BCUT2D eigenvalue weighted by molar-refractivity contribution is 0.433. The average molecular weight is 463 g/mol. The maximum Gasteiger partial charge on any atom is 0.250 e. The zero-order chi connectivity index (χ0) is 24.2. The summed E-state index contributed by atoms with van der Waals surface area (Å²) in [5.74, 6) is 0.0301. The molecule has 0 atom stereocenters. The molecule has 4 rings (SSSR count). The van der Waals surface area contributed by atoms with Gasteiger partial charge in [0.2, 0.25) is 0 Å². The highest BCUT2D eigenvalue weighted by atomic mass is 19.1. The van der Waals surface area contributed by atoms with E-state index in [0.717, 1.165) is 24.0 Å². The molecule has 9 heteroatoms. The molecule has 0 spiro atoms. The molecule has 0 saturated carbocycles. The summed E-state index contributed by atoms with van der Waals surface area (Å²) < 4.78 is 21.8. The second-order valence-electron chi connectivity index (χ2n) is 8.04. The molecule has 3 heterocycles. The van der Waals surface area contributed by atoms with E-state index in [9.17, 15) is 9.18 Å². The number of aromatic nitrogens is 4. The van der Waals surface area contributed by atoms with E-state index >= 15 is 0 Å². The predicted molar refractivity (Wildman–Crippen MR) is 129 cm³/mol. The summed E-state index contributed by atoms with van der Waals surface area (Å²) in [6.07, 6.45) is 5.02. The molecule has 3 N–H and O–H groups in total. The van der Waals surface area contributed by atoms with Crippen LogP contribution in [0.3, 0.4) is 0 Å². The van der Waals surface area contributed by atoms with Crippen LogP contribution >= 0.6 is 0 Å². The van der Waals surface area contributed by atoms with Gasteiger partial charge < -0.3 is 20.1 Å². The van der Waals surface area contributed by atoms with Crippen LogP contribution in [0, 0.1) is 5.82 Å². The van der Waals surface area contributed by atoms with E-state index in [0.29, 0.717) is 29.2 Å². The summed E-state index contributed by atoms with van der Waals surface area (Å²) in [5, 5.41) is 7.01. The minimum absolute atomic E-state index is 0.0660. The molecule has 34 heavy (non-hydrogen) atoms. The first-order chi connectivity index (χ1) is 16.4. The highest BCUT2D eigenvalue weighted by Gasteiger charge is 2.18. The summed E-state index contributed by atoms with van der Waals surface area (Å²) in [4.78, 5) is 21.3. The van der Waals surface area contributed by atoms with E-state index < -0.39 is 5.82 Å². The Bertz CT molecular complexity index is 1360. The van der Waals surface area contributed by atoms with Crippen LogP contribution in [0.2, 0.25) is 0 Å². The molecular formula is C25H27FN6O2. The van der Waals surface area contributed by atoms with Gasteiger partial charge in [-0.3, -0.25) is 4.79 Å². The number of anilines is 1. The number of rotatable bonds is 8. The Labute approximate surface area is 196 Å². The van der Waals surface area contributed by atoms with Gasteiger partial charge in [-0.1, -0.05) is 25.1 Å². The van der Waals surface area contributed by atoms with Crippen molar-refractivity contribution in [3.63, 3.8) is 0 Å². The molecule has 0 amide bonds. The Morgan fingerprint density at radius 2 is 1.94 bits per heavy atom. The topological polar surface area (TPSA) is 112 Å². The molecule has 176 valence electrons. The number of benzene rings is 1. The van der Waals surface area contributed by atoms with Crippen LogP contribution in [0.15, 0.2) is 58.1 Å². The molecule has 0 fully saturated rings. The standard InChI is InChI=1S/C25H27FN6O2/c1-4-17(5-2)32-14-16(7-9-23(32)33)21-13-29-25(27)24(30-21)22-11-20(31-34-22)18-8-6-15(12-28-3)10-19(18)26/h6-11,13-14,17,28H,4-5,12H2,1-3H3,(H2,27,29). The van der Waals surface area contributed by atoms with E-state index in [4.69, 9.17) is 10.3 Å². The van der Waals surface area contributed by atoms with Gasteiger partial charge in [-0.2, -0.15) is 0 Å². The van der Waals surface area contributed by atoms with Gasteiger partial charge in [0.15, 0.2) is 17.3 Å². The fraction of sp³-hybridized carbons (Fsp3) is 0.280. The SMILES string of the molecule is CCC(CC)n1cc(-c2cnc(N)c(-c3cc(-c4ccc(CNC)cc4F)no3)n2)ccc1=O.